The smallest absolute Gasteiger partial charge is 0.233 e. The molecule has 2 heterocycles. The van der Waals surface area contributed by atoms with Crippen LogP contribution in [-0.4, -0.2) is 58.5 Å². The fourth-order valence-corrected chi connectivity index (χ4v) is 3.27. The van der Waals surface area contributed by atoms with E-state index in [0.717, 1.165) is 26.1 Å². The Morgan fingerprint density at radius 3 is 2.89 bits per heavy atom. The average Bonchev–Trinajstić information content (AvgIpc) is 2.85. The van der Waals surface area contributed by atoms with Crippen LogP contribution in [0, 0.1) is 5.92 Å². The first-order valence-electron chi connectivity index (χ1n) is 7.10. The van der Waals surface area contributed by atoms with Crippen molar-refractivity contribution in [2.45, 2.75) is 45.2 Å². The summed E-state index contributed by atoms with van der Waals surface area (Å²) in [5.41, 5.74) is 5.63. The van der Waals surface area contributed by atoms with Crippen LogP contribution < -0.4 is 5.73 Å². The molecule has 2 fully saturated rings. The van der Waals surface area contributed by atoms with Crippen LogP contribution >= 0.6 is 0 Å². The minimum absolute atomic E-state index is 0.00292. The Balaban J connectivity index is 2.09. The maximum absolute atomic E-state index is 12.6. The first-order valence-corrected chi connectivity index (χ1v) is 7.10. The fraction of sp³-hybridized carbons (Fsp3) is 0.846. The van der Waals surface area contributed by atoms with Gasteiger partial charge in [0.25, 0.3) is 0 Å². The second-order valence-corrected chi connectivity index (χ2v) is 5.62. The van der Waals surface area contributed by atoms with E-state index in [2.05, 4.69) is 17.0 Å². The van der Waals surface area contributed by atoms with Crippen LogP contribution in [0.5, 0.6) is 0 Å². The number of amidine groups is 1. The summed E-state index contributed by atoms with van der Waals surface area (Å²) >= 11 is 0. The molecule has 0 aromatic rings. The number of nitrogens with zero attached hydrogens (tertiary/aromatic N) is 3. The molecule has 0 aliphatic carbocycles. The van der Waals surface area contributed by atoms with E-state index in [0.29, 0.717) is 12.5 Å². The lowest BCUT2D eigenvalue weighted by atomic mass is 10.00. The Kier molecular flexibility index (Phi) is 4.29. The van der Waals surface area contributed by atoms with Crippen molar-refractivity contribution < 1.29 is 10.0 Å². The highest BCUT2D eigenvalue weighted by atomic mass is 16.4. The summed E-state index contributed by atoms with van der Waals surface area (Å²) in [6.45, 7) is 6.81. The molecule has 3 N–H and O–H groups in total. The van der Waals surface area contributed by atoms with E-state index >= 15 is 0 Å². The molecule has 2 rings (SSSR count). The third kappa shape index (κ3) is 2.68. The monoisotopic (exact) mass is 268 g/mol. The first kappa shape index (κ1) is 14.1. The number of hydrogen-bond acceptors (Lipinski definition) is 4. The predicted octanol–water partition coefficient (Wildman–Crippen LogP) is 0.454. The molecule has 1 amide bonds. The van der Waals surface area contributed by atoms with Gasteiger partial charge in [-0.2, -0.15) is 0 Å². The van der Waals surface area contributed by atoms with Gasteiger partial charge >= 0.3 is 0 Å². The van der Waals surface area contributed by atoms with Gasteiger partial charge < -0.3 is 15.8 Å². The maximum Gasteiger partial charge on any atom is 0.233 e. The molecular weight excluding hydrogens is 244 g/mol. The SMILES string of the molecule is CCC(C(=O)N1CC2CCCN2CC1C)C(N)=NO. The van der Waals surface area contributed by atoms with Crippen LogP contribution in [0.1, 0.15) is 33.1 Å². The minimum atomic E-state index is -0.500. The Morgan fingerprint density at radius 1 is 1.53 bits per heavy atom. The summed E-state index contributed by atoms with van der Waals surface area (Å²) in [6.07, 6.45) is 2.94. The normalized spacial score (nSPS) is 30.2. The van der Waals surface area contributed by atoms with Gasteiger partial charge in [0, 0.05) is 25.2 Å². The molecule has 2 aliphatic rings. The Hall–Kier alpha value is -1.30. The Morgan fingerprint density at radius 2 is 2.26 bits per heavy atom. The van der Waals surface area contributed by atoms with Crippen molar-refractivity contribution >= 4 is 11.7 Å². The van der Waals surface area contributed by atoms with Crippen molar-refractivity contribution in [3.8, 4) is 0 Å². The van der Waals surface area contributed by atoms with Crippen molar-refractivity contribution in [2.24, 2.45) is 16.8 Å². The van der Waals surface area contributed by atoms with Gasteiger partial charge in [-0.05, 0) is 32.7 Å². The standard InChI is InChI=1S/C13H24N4O2/c1-3-11(12(14)15-19)13(18)17-8-10-5-4-6-16(10)7-9(17)2/h9-11,19H,3-8H2,1-2H3,(H2,14,15). The third-order valence-electron chi connectivity index (χ3n) is 4.40. The van der Waals surface area contributed by atoms with Crippen LogP contribution in [0.25, 0.3) is 0 Å². The maximum atomic E-state index is 12.6. The predicted molar refractivity (Wildman–Crippen MR) is 73.0 cm³/mol. The highest BCUT2D eigenvalue weighted by Gasteiger charge is 2.38. The molecule has 3 atom stereocenters. The highest BCUT2D eigenvalue weighted by Crippen LogP contribution is 2.26. The van der Waals surface area contributed by atoms with Gasteiger partial charge in [-0.1, -0.05) is 12.1 Å². The van der Waals surface area contributed by atoms with Crippen molar-refractivity contribution in [3.63, 3.8) is 0 Å². The molecule has 0 spiro atoms. The van der Waals surface area contributed by atoms with E-state index in [1.165, 1.54) is 6.42 Å². The highest BCUT2D eigenvalue weighted by molar-refractivity contribution is 6.02. The summed E-state index contributed by atoms with van der Waals surface area (Å²) in [6, 6.07) is 0.687. The molecule has 0 aromatic carbocycles. The summed E-state index contributed by atoms with van der Waals surface area (Å²) < 4.78 is 0. The number of amides is 1. The number of oxime groups is 1. The molecule has 0 aromatic heterocycles. The van der Waals surface area contributed by atoms with E-state index in [1.807, 2.05) is 11.8 Å². The molecule has 2 saturated heterocycles. The van der Waals surface area contributed by atoms with Crippen LogP contribution in [0.4, 0.5) is 0 Å². The summed E-state index contributed by atoms with van der Waals surface area (Å²) in [7, 11) is 0. The number of fused-ring (bicyclic) bond motifs is 1. The summed E-state index contributed by atoms with van der Waals surface area (Å²) in [4.78, 5) is 17.0. The van der Waals surface area contributed by atoms with Crippen molar-refractivity contribution in [2.75, 3.05) is 19.6 Å². The van der Waals surface area contributed by atoms with Crippen molar-refractivity contribution in [1.82, 2.24) is 9.80 Å². The summed E-state index contributed by atoms with van der Waals surface area (Å²) in [5, 5.41) is 11.8. The molecule has 3 unspecified atom stereocenters. The molecule has 6 nitrogen and oxygen atoms in total. The zero-order valence-electron chi connectivity index (χ0n) is 11.7. The van der Waals surface area contributed by atoms with E-state index in [-0.39, 0.29) is 17.8 Å². The first-order chi connectivity index (χ1) is 9.08. The lowest BCUT2D eigenvalue weighted by molar-refractivity contribution is -0.139. The van der Waals surface area contributed by atoms with E-state index in [1.54, 1.807) is 0 Å². The van der Waals surface area contributed by atoms with Crippen LogP contribution in [0.15, 0.2) is 5.16 Å². The van der Waals surface area contributed by atoms with Gasteiger partial charge in [0.2, 0.25) is 5.91 Å². The number of carbonyl (C=O) groups is 1. The zero-order valence-corrected chi connectivity index (χ0v) is 11.7. The zero-order chi connectivity index (χ0) is 14.0. The van der Waals surface area contributed by atoms with E-state index in [4.69, 9.17) is 10.9 Å². The number of carbonyl (C=O) groups excluding carboxylic acids is 1. The lowest BCUT2D eigenvalue weighted by Gasteiger charge is -2.43. The molecule has 108 valence electrons. The molecule has 0 radical (unpaired) electrons. The number of nitrogens with two attached hydrogens (primary N) is 1. The lowest BCUT2D eigenvalue weighted by Crippen LogP contribution is -2.58. The average molecular weight is 268 g/mol. The molecule has 19 heavy (non-hydrogen) atoms. The van der Waals surface area contributed by atoms with E-state index in [9.17, 15) is 4.79 Å². The number of rotatable bonds is 3. The van der Waals surface area contributed by atoms with Crippen molar-refractivity contribution in [1.29, 1.82) is 0 Å². The fourth-order valence-electron chi connectivity index (χ4n) is 3.27. The molecular formula is C13H24N4O2. The quantitative estimate of drug-likeness (QED) is 0.337. The van der Waals surface area contributed by atoms with Gasteiger partial charge in [0.1, 0.15) is 0 Å². The van der Waals surface area contributed by atoms with Crippen LogP contribution in [0.3, 0.4) is 0 Å². The second-order valence-electron chi connectivity index (χ2n) is 5.62. The van der Waals surface area contributed by atoms with Gasteiger partial charge in [0.05, 0.1) is 5.92 Å². The van der Waals surface area contributed by atoms with Crippen LogP contribution in [-0.2, 0) is 4.79 Å². The second kappa shape index (κ2) is 5.77. The van der Waals surface area contributed by atoms with Gasteiger partial charge in [-0.15, -0.1) is 0 Å². The minimum Gasteiger partial charge on any atom is -0.409 e. The molecule has 2 aliphatic heterocycles. The third-order valence-corrected chi connectivity index (χ3v) is 4.40. The van der Waals surface area contributed by atoms with Gasteiger partial charge in [-0.25, -0.2) is 0 Å². The largest absolute Gasteiger partial charge is 0.409 e. The molecule has 6 heteroatoms. The molecule has 0 saturated carbocycles. The van der Waals surface area contributed by atoms with Gasteiger partial charge in [0.15, 0.2) is 5.84 Å². The molecule has 0 bridgehead atoms. The Labute approximate surface area is 114 Å². The number of hydrogen-bond donors (Lipinski definition) is 2. The topological polar surface area (TPSA) is 82.2 Å². The van der Waals surface area contributed by atoms with E-state index < -0.39 is 5.92 Å². The van der Waals surface area contributed by atoms with Crippen molar-refractivity contribution in [3.05, 3.63) is 0 Å². The number of piperazine rings is 1. The summed E-state index contributed by atoms with van der Waals surface area (Å²) in [5.74, 6) is -0.481. The Bertz CT molecular complexity index is 372. The van der Waals surface area contributed by atoms with Crippen LogP contribution in [0.2, 0.25) is 0 Å². The van der Waals surface area contributed by atoms with Gasteiger partial charge in [-0.3, -0.25) is 9.69 Å².